The van der Waals surface area contributed by atoms with Crippen LogP contribution in [0.1, 0.15) is 12.1 Å². The Morgan fingerprint density at radius 3 is 2.47 bits per heavy atom. The van der Waals surface area contributed by atoms with Crippen LogP contribution in [0.15, 0.2) is 41.4 Å². The minimum atomic E-state index is -4.24. The molecule has 1 amide bonds. The molecule has 0 unspecified atom stereocenters. The van der Waals surface area contributed by atoms with Gasteiger partial charge in [0.25, 0.3) is 5.69 Å². The Morgan fingerprint density at radius 2 is 1.88 bits per heavy atom. The number of nitro groups is 1. The van der Waals surface area contributed by atoms with Crippen molar-refractivity contribution >= 4 is 33.2 Å². The number of nitrogens with zero attached hydrogens (tertiary/aromatic N) is 4. The van der Waals surface area contributed by atoms with Crippen molar-refractivity contribution in [3.8, 4) is 0 Å². The zero-order valence-corrected chi connectivity index (χ0v) is 20.9. The monoisotopic (exact) mass is 516 g/mol. The molecule has 188 valence electrons. The molecule has 0 aliphatic carbocycles. The minimum absolute atomic E-state index is 0.0133. The summed E-state index contributed by atoms with van der Waals surface area (Å²) < 4.78 is 39.8. The number of aromatic nitrogens is 1. The number of benzene rings is 1. The molecule has 0 aliphatic heterocycles. The van der Waals surface area contributed by atoms with E-state index in [9.17, 15) is 23.3 Å². The van der Waals surface area contributed by atoms with Crippen molar-refractivity contribution < 1.29 is 27.6 Å². The molecule has 0 radical (unpaired) electrons. The predicted molar refractivity (Wildman–Crippen MR) is 126 cm³/mol. The quantitative estimate of drug-likeness (QED) is 0.214. The molecule has 0 saturated heterocycles. The lowest BCUT2D eigenvalue weighted by atomic mass is 10.3. The van der Waals surface area contributed by atoms with E-state index in [1.807, 2.05) is 29.9 Å². The molecular formula is C21H29ClN4O7S. The summed E-state index contributed by atoms with van der Waals surface area (Å²) in [6, 6.07) is 6.96. The summed E-state index contributed by atoms with van der Waals surface area (Å²) in [4.78, 5) is 24.9. The van der Waals surface area contributed by atoms with Crippen molar-refractivity contribution in [2.45, 2.75) is 17.9 Å². The number of aryl methyl sites for hydroxylation is 1. The zero-order chi connectivity index (χ0) is 25.3. The summed E-state index contributed by atoms with van der Waals surface area (Å²) in [7, 11) is 0.607. The van der Waals surface area contributed by atoms with Crippen LogP contribution in [0.25, 0.3) is 0 Å². The number of carbonyl (C=O) groups excluding carboxylic acids is 1. The first-order chi connectivity index (χ1) is 16.1. The Labute approximate surface area is 204 Å². The van der Waals surface area contributed by atoms with Gasteiger partial charge >= 0.3 is 0 Å². The second kappa shape index (κ2) is 12.8. The second-order valence-corrected chi connectivity index (χ2v) is 9.82. The van der Waals surface area contributed by atoms with Crippen molar-refractivity contribution in [1.82, 2.24) is 13.8 Å². The van der Waals surface area contributed by atoms with Crippen molar-refractivity contribution in [3.05, 3.63) is 57.4 Å². The van der Waals surface area contributed by atoms with E-state index in [0.29, 0.717) is 6.42 Å². The van der Waals surface area contributed by atoms with Gasteiger partial charge in [-0.1, -0.05) is 11.6 Å². The highest BCUT2D eigenvalue weighted by molar-refractivity contribution is 7.89. The lowest BCUT2D eigenvalue weighted by Crippen LogP contribution is -2.44. The average molecular weight is 517 g/mol. The normalized spacial score (nSPS) is 11.7. The number of methoxy groups -OCH3 is 2. The molecule has 0 N–H and O–H groups in total. The first-order valence-electron chi connectivity index (χ1n) is 10.4. The number of nitro benzene ring substituents is 1. The molecule has 0 atom stereocenters. The molecular weight excluding hydrogens is 488 g/mol. The van der Waals surface area contributed by atoms with Crippen molar-refractivity contribution in [1.29, 1.82) is 0 Å². The van der Waals surface area contributed by atoms with Gasteiger partial charge in [-0.25, -0.2) is 8.42 Å². The van der Waals surface area contributed by atoms with E-state index in [2.05, 4.69) is 0 Å². The molecule has 1 heterocycles. The fourth-order valence-corrected chi connectivity index (χ4v) is 4.85. The van der Waals surface area contributed by atoms with Crippen LogP contribution in [0.4, 0.5) is 5.69 Å². The summed E-state index contributed by atoms with van der Waals surface area (Å²) >= 11 is 5.84. The first-order valence-corrected chi connectivity index (χ1v) is 12.2. The first kappa shape index (κ1) is 27.7. The molecule has 2 aromatic rings. The standard InChI is InChI=1S/C21H29ClN4O7S/c1-23-9-4-6-17(23)15-24(11-13-33-3)21(27)16-25(10-5-12-32-2)34(30,31)18-7-8-19(22)20(14-18)26(28)29/h4,6-9,14H,5,10-13,15-16H2,1-3H3. The van der Waals surface area contributed by atoms with Gasteiger partial charge in [-0.2, -0.15) is 4.31 Å². The van der Waals surface area contributed by atoms with Gasteiger partial charge in [0.1, 0.15) is 5.02 Å². The van der Waals surface area contributed by atoms with Crippen molar-refractivity contribution in [2.75, 3.05) is 47.1 Å². The maximum Gasteiger partial charge on any atom is 0.289 e. The fraction of sp³-hybridized carbons (Fsp3) is 0.476. The van der Waals surface area contributed by atoms with Gasteiger partial charge in [-0.15, -0.1) is 0 Å². The topological polar surface area (TPSA) is 124 Å². The van der Waals surface area contributed by atoms with E-state index in [-0.39, 0.29) is 42.8 Å². The summed E-state index contributed by atoms with van der Waals surface area (Å²) in [6.45, 7) is 0.619. The molecule has 1 aromatic heterocycles. The van der Waals surface area contributed by atoms with E-state index in [4.69, 9.17) is 21.1 Å². The van der Waals surface area contributed by atoms with Crippen LogP contribution >= 0.6 is 11.6 Å². The molecule has 0 bridgehead atoms. The molecule has 0 saturated carbocycles. The third-order valence-electron chi connectivity index (χ3n) is 5.14. The number of halogens is 1. The van der Waals surface area contributed by atoms with Crippen LogP contribution in [-0.2, 0) is 37.9 Å². The predicted octanol–water partition coefficient (Wildman–Crippen LogP) is 2.29. The third kappa shape index (κ3) is 7.24. The lowest BCUT2D eigenvalue weighted by molar-refractivity contribution is -0.384. The maximum atomic E-state index is 13.4. The Morgan fingerprint density at radius 1 is 1.18 bits per heavy atom. The molecule has 11 nitrogen and oxygen atoms in total. The van der Waals surface area contributed by atoms with Crippen molar-refractivity contribution in [3.63, 3.8) is 0 Å². The van der Waals surface area contributed by atoms with E-state index >= 15 is 0 Å². The highest BCUT2D eigenvalue weighted by Crippen LogP contribution is 2.28. The minimum Gasteiger partial charge on any atom is -0.385 e. The van der Waals surface area contributed by atoms with Gasteiger partial charge in [0.05, 0.1) is 29.5 Å². The lowest BCUT2D eigenvalue weighted by Gasteiger charge is -2.27. The number of carbonyl (C=O) groups is 1. The molecule has 0 spiro atoms. The number of hydrogen-bond acceptors (Lipinski definition) is 7. The summed E-state index contributed by atoms with van der Waals surface area (Å²) in [5, 5.41) is 11.1. The third-order valence-corrected chi connectivity index (χ3v) is 7.30. The van der Waals surface area contributed by atoms with Gasteiger partial charge < -0.3 is 18.9 Å². The Bertz CT molecular complexity index is 1090. The highest BCUT2D eigenvalue weighted by atomic mass is 35.5. The number of sulfonamides is 1. The Hall–Kier alpha value is -2.51. The van der Waals surface area contributed by atoms with Crippen LogP contribution in [0.2, 0.25) is 5.02 Å². The Kier molecular flexibility index (Phi) is 10.5. The molecule has 0 aliphatic rings. The average Bonchev–Trinajstić information content (AvgIpc) is 3.20. The summed E-state index contributed by atoms with van der Waals surface area (Å²) in [5.74, 6) is -0.428. The maximum absolute atomic E-state index is 13.4. The summed E-state index contributed by atoms with van der Waals surface area (Å²) in [5.41, 5.74) is 0.336. The fourth-order valence-electron chi connectivity index (χ4n) is 3.21. The largest absolute Gasteiger partial charge is 0.385 e. The van der Waals surface area contributed by atoms with Gasteiger partial charge in [-0.3, -0.25) is 14.9 Å². The molecule has 2 rings (SSSR count). The molecule has 34 heavy (non-hydrogen) atoms. The number of amides is 1. The number of ether oxygens (including phenoxy) is 2. The van der Waals surface area contributed by atoms with E-state index < -0.39 is 33.1 Å². The van der Waals surface area contributed by atoms with Gasteiger partial charge in [0, 0.05) is 58.9 Å². The van der Waals surface area contributed by atoms with E-state index in [1.165, 1.54) is 25.2 Å². The Balaban J connectivity index is 2.34. The van der Waals surface area contributed by atoms with Crippen LogP contribution in [0, 0.1) is 10.1 Å². The van der Waals surface area contributed by atoms with Crippen LogP contribution in [0.5, 0.6) is 0 Å². The van der Waals surface area contributed by atoms with E-state index in [0.717, 1.165) is 22.1 Å². The molecule has 1 aromatic carbocycles. The summed E-state index contributed by atoms with van der Waals surface area (Å²) in [6.07, 6.45) is 2.18. The van der Waals surface area contributed by atoms with Crippen LogP contribution in [-0.4, -0.2) is 80.1 Å². The second-order valence-electron chi connectivity index (χ2n) is 7.47. The van der Waals surface area contributed by atoms with Gasteiger partial charge in [0.2, 0.25) is 15.9 Å². The van der Waals surface area contributed by atoms with Crippen LogP contribution < -0.4 is 0 Å². The SMILES string of the molecule is COCCCN(CC(=O)N(CCOC)Cc1cccn1C)S(=O)(=O)c1ccc(Cl)c([N+](=O)[O-])c1. The molecule has 13 heteroatoms. The van der Waals surface area contributed by atoms with Crippen molar-refractivity contribution in [2.24, 2.45) is 7.05 Å². The van der Waals surface area contributed by atoms with E-state index in [1.54, 1.807) is 0 Å². The zero-order valence-electron chi connectivity index (χ0n) is 19.3. The highest BCUT2D eigenvalue weighted by Gasteiger charge is 2.30. The smallest absolute Gasteiger partial charge is 0.289 e. The number of hydrogen-bond donors (Lipinski definition) is 0. The molecule has 0 fully saturated rings. The number of rotatable bonds is 14. The van der Waals surface area contributed by atoms with Gasteiger partial charge in [0.15, 0.2) is 0 Å². The van der Waals surface area contributed by atoms with Gasteiger partial charge in [-0.05, 0) is 30.7 Å². The van der Waals surface area contributed by atoms with Crippen LogP contribution in [0.3, 0.4) is 0 Å².